The van der Waals surface area contributed by atoms with Gasteiger partial charge in [0.2, 0.25) is 11.2 Å². The van der Waals surface area contributed by atoms with Crippen LogP contribution in [0.5, 0.6) is 17.2 Å². The zero-order valence-electron chi connectivity index (χ0n) is 14.7. The monoisotopic (exact) mass is 426 g/mol. The van der Waals surface area contributed by atoms with Gasteiger partial charge in [0.15, 0.2) is 0 Å². The predicted molar refractivity (Wildman–Crippen MR) is 110 cm³/mol. The molecule has 5 nitrogen and oxygen atoms in total. The SMILES string of the molecule is O=C(Oc1ccc2c(=O)c(Oc3ccccc3Cl)coc2c1)c1cccc(Cl)c1. The average Bonchev–Trinajstić information content (AvgIpc) is 2.71. The van der Waals surface area contributed by atoms with E-state index in [0.29, 0.717) is 21.4 Å². The molecule has 0 amide bonds. The van der Waals surface area contributed by atoms with Crippen molar-refractivity contribution in [1.29, 1.82) is 0 Å². The van der Waals surface area contributed by atoms with Gasteiger partial charge in [-0.2, -0.15) is 0 Å². The van der Waals surface area contributed by atoms with Gasteiger partial charge in [-0.1, -0.05) is 41.4 Å². The Balaban J connectivity index is 1.61. The van der Waals surface area contributed by atoms with Gasteiger partial charge in [0.25, 0.3) is 0 Å². The molecule has 4 aromatic rings. The number of hydrogen-bond donors (Lipinski definition) is 0. The number of benzene rings is 3. The third-order valence-corrected chi connectivity index (χ3v) is 4.59. The largest absolute Gasteiger partial charge is 0.460 e. The molecule has 4 rings (SSSR count). The van der Waals surface area contributed by atoms with Crippen molar-refractivity contribution >= 4 is 40.1 Å². The Labute approximate surface area is 175 Å². The van der Waals surface area contributed by atoms with Crippen LogP contribution in [-0.4, -0.2) is 5.97 Å². The Kier molecular flexibility index (Phi) is 5.25. The van der Waals surface area contributed by atoms with Crippen molar-refractivity contribution < 1.29 is 18.7 Å². The molecule has 0 aliphatic rings. The fourth-order valence-electron chi connectivity index (χ4n) is 2.65. The molecular formula is C22H12Cl2O5. The predicted octanol–water partition coefficient (Wildman–Crippen LogP) is 6.11. The number of ether oxygens (including phenoxy) is 2. The molecular weight excluding hydrogens is 415 g/mol. The van der Waals surface area contributed by atoms with Gasteiger partial charge >= 0.3 is 5.97 Å². The maximum absolute atomic E-state index is 12.7. The molecule has 144 valence electrons. The van der Waals surface area contributed by atoms with Crippen molar-refractivity contribution in [3.8, 4) is 17.2 Å². The second-order valence-electron chi connectivity index (χ2n) is 6.02. The number of hydrogen-bond acceptors (Lipinski definition) is 5. The van der Waals surface area contributed by atoms with E-state index < -0.39 is 5.97 Å². The quantitative estimate of drug-likeness (QED) is 0.290. The van der Waals surface area contributed by atoms with E-state index in [1.807, 2.05) is 0 Å². The van der Waals surface area contributed by atoms with Crippen molar-refractivity contribution in [2.24, 2.45) is 0 Å². The Morgan fingerprint density at radius 1 is 0.897 bits per heavy atom. The highest BCUT2D eigenvalue weighted by Gasteiger charge is 2.14. The number of esters is 1. The summed E-state index contributed by atoms with van der Waals surface area (Å²) in [5, 5.41) is 1.07. The fourth-order valence-corrected chi connectivity index (χ4v) is 3.02. The minimum absolute atomic E-state index is 0.00530. The van der Waals surface area contributed by atoms with E-state index in [-0.39, 0.29) is 27.9 Å². The maximum Gasteiger partial charge on any atom is 0.343 e. The highest BCUT2D eigenvalue weighted by atomic mass is 35.5. The number of halogens is 2. The minimum Gasteiger partial charge on any atom is -0.460 e. The number of carbonyl (C=O) groups excluding carboxylic acids is 1. The smallest absolute Gasteiger partial charge is 0.343 e. The van der Waals surface area contributed by atoms with E-state index in [0.717, 1.165) is 0 Å². The number of para-hydroxylation sites is 1. The average molecular weight is 427 g/mol. The highest BCUT2D eigenvalue weighted by Crippen LogP contribution is 2.29. The lowest BCUT2D eigenvalue weighted by Gasteiger charge is -2.08. The second kappa shape index (κ2) is 7.99. The van der Waals surface area contributed by atoms with Crippen molar-refractivity contribution in [1.82, 2.24) is 0 Å². The fraction of sp³-hybridized carbons (Fsp3) is 0. The highest BCUT2D eigenvalue weighted by molar-refractivity contribution is 6.32. The first kappa shape index (κ1) is 19.1. The number of carbonyl (C=O) groups is 1. The van der Waals surface area contributed by atoms with Gasteiger partial charge in [-0.3, -0.25) is 4.79 Å². The first-order chi connectivity index (χ1) is 14.0. The lowest BCUT2D eigenvalue weighted by molar-refractivity contribution is 0.0735. The molecule has 1 aromatic heterocycles. The van der Waals surface area contributed by atoms with E-state index in [9.17, 15) is 9.59 Å². The van der Waals surface area contributed by atoms with Gasteiger partial charge in [0.1, 0.15) is 23.3 Å². The van der Waals surface area contributed by atoms with Crippen molar-refractivity contribution in [2.45, 2.75) is 0 Å². The normalized spacial score (nSPS) is 10.7. The third kappa shape index (κ3) is 4.11. The van der Waals surface area contributed by atoms with Crippen LogP contribution >= 0.6 is 23.2 Å². The molecule has 0 aliphatic heterocycles. The summed E-state index contributed by atoms with van der Waals surface area (Å²) >= 11 is 12.0. The summed E-state index contributed by atoms with van der Waals surface area (Å²) in [7, 11) is 0. The number of fused-ring (bicyclic) bond motifs is 1. The van der Waals surface area contributed by atoms with Crippen LogP contribution in [0, 0.1) is 0 Å². The summed E-state index contributed by atoms with van der Waals surface area (Å²) in [6, 6.07) is 17.7. The maximum atomic E-state index is 12.7. The van der Waals surface area contributed by atoms with E-state index >= 15 is 0 Å². The van der Waals surface area contributed by atoms with Crippen molar-refractivity contribution in [3.05, 3.63) is 98.8 Å². The molecule has 0 bridgehead atoms. The molecule has 29 heavy (non-hydrogen) atoms. The first-order valence-corrected chi connectivity index (χ1v) is 9.22. The van der Waals surface area contributed by atoms with Crippen LogP contribution in [0.25, 0.3) is 11.0 Å². The first-order valence-electron chi connectivity index (χ1n) is 8.47. The summed E-state index contributed by atoms with van der Waals surface area (Å²) in [5.74, 6) is -0.0135. The van der Waals surface area contributed by atoms with Crippen LogP contribution in [0.15, 0.2) is 82.2 Å². The lowest BCUT2D eigenvalue weighted by Crippen LogP contribution is -2.09. The van der Waals surface area contributed by atoms with Crippen LogP contribution in [0.2, 0.25) is 10.0 Å². The summed E-state index contributed by atoms with van der Waals surface area (Å²) in [4.78, 5) is 24.9. The van der Waals surface area contributed by atoms with Crippen LogP contribution in [0.1, 0.15) is 10.4 Å². The molecule has 0 saturated heterocycles. The van der Waals surface area contributed by atoms with Gasteiger partial charge in [-0.15, -0.1) is 0 Å². The van der Waals surface area contributed by atoms with Crippen molar-refractivity contribution in [2.75, 3.05) is 0 Å². The van der Waals surface area contributed by atoms with Crippen LogP contribution in [0.4, 0.5) is 0 Å². The molecule has 0 saturated carbocycles. The molecule has 0 fully saturated rings. The molecule has 3 aromatic carbocycles. The standard InChI is InChI=1S/C22H12Cl2O5/c23-14-5-3-4-13(10-14)22(26)28-15-8-9-16-19(11-15)27-12-20(21(16)25)29-18-7-2-1-6-17(18)24/h1-12H. The van der Waals surface area contributed by atoms with Crippen LogP contribution < -0.4 is 14.9 Å². The molecule has 1 heterocycles. The Bertz CT molecular complexity index is 1280. The van der Waals surface area contributed by atoms with Gasteiger partial charge in [0.05, 0.1) is 16.0 Å². The van der Waals surface area contributed by atoms with Gasteiger partial charge in [-0.05, 0) is 42.5 Å². The summed E-state index contributed by atoms with van der Waals surface area (Å²) in [5.41, 5.74) is 0.180. The Morgan fingerprint density at radius 3 is 2.52 bits per heavy atom. The van der Waals surface area contributed by atoms with Gasteiger partial charge < -0.3 is 13.9 Å². The van der Waals surface area contributed by atoms with Crippen molar-refractivity contribution in [3.63, 3.8) is 0 Å². The summed E-state index contributed by atoms with van der Waals surface area (Å²) in [6.07, 6.45) is 1.19. The summed E-state index contributed by atoms with van der Waals surface area (Å²) < 4.78 is 16.4. The van der Waals surface area contributed by atoms with Crippen LogP contribution in [-0.2, 0) is 0 Å². The topological polar surface area (TPSA) is 65.7 Å². The van der Waals surface area contributed by atoms with E-state index in [2.05, 4.69) is 0 Å². The Morgan fingerprint density at radius 2 is 1.72 bits per heavy atom. The van der Waals surface area contributed by atoms with Crippen LogP contribution in [0.3, 0.4) is 0 Å². The Hall–Kier alpha value is -3.28. The molecule has 7 heteroatoms. The third-order valence-electron chi connectivity index (χ3n) is 4.04. The molecule has 0 N–H and O–H groups in total. The summed E-state index contributed by atoms with van der Waals surface area (Å²) in [6.45, 7) is 0. The lowest BCUT2D eigenvalue weighted by atomic mass is 10.2. The van der Waals surface area contributed by atoms with Gasteiger partial charge in [-0.25, -0.2) is 4.79 Å². The van der Waals surface area contributed by atoms with E-state index in [1.54, 1.807) is 42.5 Å². The zero-order chi connectivity index (χ0) is 20.4. The molecule has 0 aliphatic carbocycles. The molecule has 0 spiro atoms. The second-order valence-corrected chi connectivity index (χ2v) is 6.86. The van der Waals surface area contributed by atoms with E-state index in [1.165, 1.54) is 30.5 Å². The molecule has 0 radical (unpaired) electrons. The number of rotatable bonds is 4. The zero-order valence-corrected chi connectivity index (χ0v) is 16.2. The van der Waals surface area contributed by atoms with Gasteiger partial charge in [0, 0.05) is 11.1 Å². The molecule has 0 atom stereocenters. The molecule has 0 unspecified atom stereocenters. The van der Waals surface area contributed by atoms with E-state index in [4.69, 9.17) is 37.1 Å². The minimum atomic E-state index is -0.576.